The van der Waals surface area contributed by atoms with Crippen LogP contribution in [0.15, 0.2) is 158 Å². The van der Waals surface area contributed by atoms with Gasteiger partial charge in [0.25, 0.3) is 0 Å². The summed E-state index contributed by atoms with van der Waals surface area (Å²) < 4.78 is 88.6. The number of benzene rings is 6. The standard InChI is InChI=1S/C34H34N.C25H20N.Ir/c1-23-9-11-24(12-10-23)32-16-31(30(22-35-32)17-33(2,3)4)25-13-14-28-20-34(21-29(28)15-25)18-26-7-5-6-8-27(26)19-34;1-18-13-14-22(15-23(18)20-9-5-3-6-10-20)25-16-24(19(2)17-26-25)21-11-7-4-8-12-21;/h5-11,13-16,22H,17-21H2,1-4H3;3-13,15-17H,1-2H3;/q2*-1;/i1D3,17D2;1D3,2D3;. The Balaban J connectivity index is 0.000000197. The minimum absolute atomic E-state index is 0. The Morgan fingerprint density at radius 2 is 1.13 bits per heavy atom. The van der Waals surface area contributed by atoms with E-state index in [-0.39, 0.29) is 42.2 Å². The molecule has 0 N–H and O–H groups in total. The van der Waals surface area contributed by atoms with Gasteiger partial charge in [-0.25, -0.2) is 0 Å². The maximum Gasteiger partial charge on any atom is 0.0322 e. The van der Waals surface area contributed by atoms with E-state index in [9.17, 15) is 0 Å². The fourth-order valence-corrected chi connectivity index (χ4v) is 8.91. The molecule has 2 aromatic heterocycles. The van der Waals surface area contributed by atoms with Crippen molar-refractivity contribution in [2.75, 3.05) is 0 Å². The zero-order valence-corrected chi connectivity index (χ0v) is 37.5. The zero-order valence-electron chi connectivity index (χ0n) is 46.1. The first-order valence-corrected chi connectivity index (χ1v) is 20.8. The number of nitrogens with zero attached hydrogens (tertiary/aromatic N) is 2. The number of pyridine rings is 2. The summed E-state index contributed by atoms with van der Waals surface area (Å²) in [5.41, 5.74) is 13.3. The van der Waals surface area contributed by atoms with Gasteiger partial charge in [0, 0.05) is 47.6 Å². The molecule has 2 aliphatic carbocycles. The van der Waals surface area contributed by atoms with Crippen LogP contribution in [-0.4, -0.2) is 9.97 Å². The molecule has 62 heavy (non-hydrogen) atoms. The van der Waals surface area contributed by atoms with Gasteiger partial charge in [0.1, 0.15) is 0 Å². The van der Waals surface area contributed by atoms with Crippen molar-refractivity contribution in [1.82, 2.24) is 9.97 Å². The first-order valence-electron chi connectivity index (χ1n) is 26.3. The van der Waals surface area contributed by atoms with Crippen molar-refractivity contribution in [2.45, 2.75) is 73.4 Å². The average molecular weight is 994 g/mol. The Morgan fingerprint density at radius 3 is 1.76 bits per heavy atom. The van der Waals surface area contributed by atoms with Crippen LogP contribution in [0, 0.1) is 43.5 Å². The Labute approximate surface area is 398 Å². The molecule has 6 aromatic carbocycles. The van der Waals surface area contributed by atoms with E-state index < -0.39 is 32.3 Å². The SMILES string of the molecule is [2H]C([2H])([2H])c1c[c-]c(-c2cc(-c3ccc4c(c3)CC3(Cc5ccccc5C3)C4)c(C([2H])([2H])C(C)(C)C)cn2)cc1.[2H]C([2H])([2H])c1c[c-]c(-c2cc(-c3ccccc3)c(C([2H])([2H])[2H])cn2)cc1-c1ccccc1.[Ir]. The Hall–Kier alpha value is -5.73. The summed E-state index contributed by atoms with van der Waals surface area (Å²) in [5, 5.41) is 0. The summed E-state index contributed by atoms with van der Waals surface area (Å²) in [4.78, 5) is 9.04. The van der Waals surface area contributed by atoms with E-state index in [0.717, 1.165) is 47.9 Å². The van der Waals surface area contributed by atoms with Crippen molar-refractivity contribution in [2.24, 2.45) is 10.8 Å². The molecular weight excluding hydrogens is 929 g/mol. The molecule has 0 unspecified atom stereocenters. The van der Waals surface area contributed by atoms with Crippen LogP contribution in [0.2, 0.25) is 0 Å². The molecule has 8 aromatic rings. The van der Waals surface area contributed by atoms with Gasteiger partial charge in [0.15, 0.2) is 0 Å². The molecule has 311 valence electrons. The average Bonchev–Trinajstić information content (AvgIpc) is 3.90. The topological polar surface area (TPSA) is 25.8 Å². The van der Waals surface area contributed by atoms with Crippen LogP contribution in [0.25, 0.3) is 55.9 Å². The van der Waals surface area contributed by atoms with Crippen molar-refractivity contribution < 1.29 is 35.2 Å². The molecule has 2 heterocycles. The summed E-state index contributed by atoms with van der Waals surface area (Å²) in [5.74, 6) is 0. The van der Waals surface area contributed by atoms with Crippen molar-refractivity contribution in [3.05, 3.63) is 215 Å². The summed E-state index contributed by atoms with van der Waals surface area (Å²) >= 11 is 0. The maximum absolute atomic E-state index is 9.10. The smallest absolute Gasteiger partial charge is 0.0322 e. The third kappa shape index (κ3) is 9.36. The van der Waals surface area contributed by atoms with Gasteiger partial charge in [-0.15, -0.1) is 64.7 Å². The summed E-state index contributed by atoms with van der Waals surface area (Å²) in [6, 6.07) is 51.9. The zero-order chi connectivity index (χ0) is 51.4. The first kappa shape index (κ1) is 31.2. The summed E-state index contributed by atoms with van der Waals surface area (Å²) in [6.45, 7) is -1.07. The number of fused-ring (bicyclic) bond motifs is 2. The van der Waals surface area contributed by atoms with Crippen LogP contribution in [0.1, 0.15) is 80.4 Å². The third-order valence-corrected chi connectivity index (χ3v) is 11.7. The van der Waals surface area contributed by atoms with Crippen LogP contribution >= 0.6 is 0 Å². The molecule has 0 saturated heterocycles. The van der Waals surface area contributed by atoms with Crippen LogP contribution < -0.4 is 0 Å². The normalized spacial score (nSPS) is 16.9. The Morgan fingerprint density at radius 1 is 0.548 bits per heavy atom. The molecule has 0 aliphatic heterocycles. The number of rotatable bonds is 6. The van der Waals surface area contributed by atoms with E-state index in [1.54, 1.807) is 30.5 Å². The largest absolute Gasteiger partial charge is 0.304 e. The molecule has 1 spiro atoms. The summed E-state index contributed by atoms with van der Waals surface area (Å²) in [6.07, 6.45) is 5.70. The fraction of sp³-hybridized carbons (Fsp3) is 0.220. The van der Waals surface area contributed by atoms with Gasteiger partial charge in [-0.3, -0.25) is 0 Å². The molecule has 0 atom stereocenters. The van der Waals surface area contributed by atoms with Gasteiger partial charge in [0.05, 0.1) is 0 Å². The van der Waals surface area contributed by atoms with E-state index >= 15 is 0 Å². The van der Waals surface area contributed by atoms with Gasteiger partial charge in [0.2, 0.25) is 0 Å². The first-order chi connectivity index (χ1) is 33.9. The van der Waals surface area contributed by atoms with Crippen LogP contribution in [0.4, 0.5) is 0 Å². The number of aromatic nitrogens is 2. The number of hydrogen-bond donors (Lipinski definition) is 0. The molecule has 2 aliphatic rings. The van der Waals surface area contributed by atoms with E-state index in [4.69, 9.17) is 15.1 Å². The van der Waals surface area contributed by atoms with Gasteiger partial charge in [-0.1, -0.05) is 155 Å². The van der Waals surface area contributed by atoms with Crippen molar-refractivity contribution in [3.8, 4) is 55.9 Å². The van der Waals surface area contributed by atoms with Gasteiger partial charge < -0.3 is 9.97 Å². The minimum Gasteiger partial charge on any atom is -0.304 e. The number of aryl methyl sites for hydroxylation is 3. The number of hydrogen-bond acceptors (Lipinski definition) is 2. The Bertz CT molecular complexity index is 3140. The second-order valence-electron chi connectivity index (χ2n) is 17.5. The molecule has 2 nitrogen and oxygen atoms in total. The minimum atomic E-state index is -2.32. The van der Waals surface area contributed by atoms with E-state index in [1.807, 2.05) is 87.5 Å². The fourth-order valence-electron chi connectivity index (χ4n) is 8.91. The molecule has 0 saturated carbocycles. The van der Waals surface area contributed by atoms with Gasteiger partial charge in [-0.05, 0) is 122 Å². The van der Waals surface area contributed by atoms with Crippen molar-refractivity contribution in [1.29, 1.82) is 0 Å². The predicted molar refractivity (Wildman–Crippen MR) is 254 cm³/mol. The quantitative estimate of drug-likeness (QED) is 0.155. The molecule has 1 radical (unpaired) electrons. The van der Waals surface area contributed by atoms with Crippen molar-refractivity contribution in [3.63, 3.8) is 0 Å². The molecule has 3 heteroatoms. The summed E-state index contributed by atoms with van der Waals surface area (Å²) in [7, 11) is 0. The van der Waals surface area contributed by atoms with E-state index in [2.05, 4.69) is 64.6 Å². The second kappa shape index (κ2) is 17.9. The molecule has 0 fully saturated rings. The van der Waals surface area contributed by atoms with E-state index in [0.29, 0.717) is 39.2 Å². The second-order valence-corrected chi connectivity index (χ2v) is 17.5. The Kier molecular flexibility index (Phi) is 9.01. The van der Waals surface area contributed by atoms with E-state index in [1.165, 1.54) is 40.6 Å². The molecular formula is C59H54IrN2-2. The molecule has 0 amide bonds. The van der Waals surface area contributed by atoms with Crippen molar-refractivity contribution >= 4 is 0 Å². The molecule has 10 rings (SSSR count). The predicted octanol–water partition coefficient (Wildman–Crippen LogP) is 14.5. The van der Waals surface area contributed by atoms with Crippen LogP contribution in [0.5, 0.6) is 0 Å². The van der Waals surface area contributed by atoms with Gasteiger partial charge >= 0.3 is 0 Å². The molecule has 0 bridgehead atoms. The van der Waals surface area contributed by atoms with Crippen LogP contribution in [0.3, 0.4) is 0 Å². The van der Waals surface area contributed by atoms with Crippen LogP contribution in [-0.2, 0) is 52.2 Å². The maximum atomic E-state index is 9.10. The monoisotopic (exact) mass is 994 g/mol. The van der Waals surface area contributed by atoms with Gasteiger partial charge in [-0.2, -0.15) is 0 Å². The third-order valence-electron chi connectivity index (χ3n) is 11.7.